The minimum Gasteiger partial charge on any atom is -0.299 e. The van der Waals surface area contributed by atoms with Crippen LogP contribution in [0.3, 0.4) is 0 Å². The lowest BCUT2D eigenvalue weighted by Gasteiger charge is -2.08. The number of rotatable bonds is 1. The molecule has 0 N–H and O–H groups in total. The van der Waals surface area contributed by atoms with Crippen molar-refractivity contribution in [3.05, 3.63) is 54.6 Å². The average molecular weight is 263 g/mol. The number of hydrogen-bond donors (Lipinski definition) is 0. The summed E-state index contributed by atoms with van der Waals surface area (Å²) in [5.41, 5.74) is 0.971. The third-order valence-electron chi connectivity index (χ3n) is 2.82. The highest BCUT2D eigenvalue weighted by molar-refractivity contribution is 5.78. The summed E-state index contributed by atoms with van der Waals surface area (Å²) in [4.78, 5) is 7.97. The summed E-state index contributed by atoms with van der Waals surface area (Å²) < 4.78 is 39.8. The van der Waals surface area contributed by atoms with Crippen LogP contribution in [0.15, 0.2) is 49.1 Å². The molecule has 0 saturated carbocycles. The Balaban J connectivity index is 2.22. The van der Waals surface area contributed by atoms with Gasteiger partial charge in [-0.15, -0.1) is 0 Å². The molecule has 0 aliphatic heterocycles. The molecule has 1 aromatic carbocycles. The van der Waals surface area contributed by atoms with Gasteiger partial charge in [-0.05, 0) is 30.3 Å². The number of alkyl halides is 3. The van der Waals surface area contributed by atoms with E-state index in [0.717, 1.165) is 17.8 Å². The quantitative estimate of drug-likeness (QED) is 0.673. The third-order valence-corrected chi connectivity index (χ3v) is 2.82. The molecule has 2 heterocycles. The van der Waals surface area contributed by atoms with E-state index in [-0.39, 0.29) is 0 Å². The average Bonchev–Trinajstić information content (AvgIpc) is 2.81. The highest BCUT2D eigenvalue weighted by Gasteiger charge is 2.30. The van der Waals surface area contributed by atoms with E-state index in [1.165, 1.54) is 12.4 Å². The topological polar surface area (TPSA) is 30.7 Å². The van der Waals surface area contributed by atoms with Crippen molar-refractivity contribution in [3.63, 3.8) is 0 Å². The molecular weight excluding hydrogens is 255 g/mol. The largest absolute Gasteiger partial charge is 0.416 e. The highest BCUT2D eigenvalue weighted by Crippen LogP contribution is 2.31. The molecule has 3 aromatic rings. The highest BCUT2D eigenvalue weighted by atomic mass is 19.4. The van der Waals surface area contributed by atoms with Crippen LogP contribution in [0, 0.1) is 0 Å². The van der Waals surface area contributed by atoms with Crippen LogP contribution in [0.4, 0.5) is 13.2 Å². The van der Waals surface area contributed by atoms with Crippen molar-refractivity contribution in [2.45, 2.75) is 6.18 Å². The standard InChI is InChI=1S/C13H8F3N3/c14-13(15,16)9-1-2-11-12(7-9)19(8-18-11)10-3-5-17-6-4-10/h1-8H. The smallest absolute Gasteiger partial charge is 0.299 e. The van der Waals surface area contributed by atoms with Gasteiger partial charge < -0.3 is 0 Å². The monoisotopic (exact) mass is 263 g/mol. The van der Waals surface area contributed by atoms with Crippen molar-refractivity contribution in [1.29, 1.82) is 0 Å². The van der Waals surface area contributed by atoms with Crippen molar-refractivity contribution < 1.29 is 13.2 Å². The van der Waals surface area contributed by atoms with Crippen LogP contribution in [-0.4, -0.2) is 14.5 Å². The van der Waals surface area contributed by atoms with Crippen LogP contribution in [0.1, 0.15) is 5.56 Å². The van der Waals surface area contributed by atoms with Crippen molar-refractivity contribution in [2.75, 3.05) is 0 Å². The van der Waals surface area contributed by atoms with E-state index in [1.807, 2.05) is 0 Å². The third kappa shape index (κ3) is 2.05. The number of benzene rings is 1. The summed E-state index contributed by atoms with van der Waals surface area (Å²) in [5, 5.41) is 0. The maximum Gasteiger partial charge on any atom is 0.416 e. The van der Waals surface area contributed by atoms with Crippen LogP contribution in [0.25, 0.3) is 16.7 Å². The first-order valence-corrected chi connectivity index (χ1v) is 5.50. The molecule has 19 heavy (non-hydrogen) atoms. The minimum absolute atomic E-state index is 0.418. The van der Waals surface area contributed by atoms with Gasteiger partial charge in [0, 0.05) is 12.4 Å². The summed E-state index contributed by atoms with van der Waals surface area (Å²) in [6, 6.07) is 6.92. The SMILES string of the molecule is FC(F)(F)c1ccc2ncn(-c3ccncc3)c2c1. The van der Waals surface area contributed by atoms with Crippen molar-refractivity contribution in [1.82, 2.24) is 14.5 Å². The van der Waals surface area contributed by atoms with Gasteiger partial charge >= 0.3 is 6.18 Å². The molecule has 0 saturated heterocycles. The Bertz CT molecular complexity index is 717. The minimum atomic E-state index is -4.36. The Kier molecular flexibility index (Phi) is 2.51. The zero-order valence-corrected chi connectivity index (χ0v) is 9.59. The molecule has 0 atom stereocenters. The van der Waals surface area contributed by atoms with E-state index >= 15 is 0 Å². The van der Waals surface area contributed by atoms with Crippen LogP contribution in [-0.2, 0) is 6.18 Å². The molecule has 96 valence electrons. The Labute approximate surface area is 106 Å². The number of nitrogens with zero attached hydrogens (tertiary/aromatic N) is 3. The molecule has 0 fully saturated rings. The summed E-state index contributed by atoms with van der Waals surface area (Å²) in [6.07, 6.45) is 0.297. The van der Waals surface area contributed by atoms with Gasteiger partial charge in [-0.2, -0.15) is 13.2 Å². The number of imidazole rings is 1. The van der Waals surface area contributed by atoms with Gasteiger partial charge in [0.25, 0.3) is 0 Å². The lowest BCUT2D eigenvalue weighted by atomic mass is 10.2. The molecule has 0 aliphatic carbocycles. The fourth-order valence-corrected chi connectivity index (χ4v) is 1.89. The van der Waals surface area contributed by atoms with Crippen molar-refractivity contribution >= 4 is 11.0 Å². The van der Waals surface area contributed by atoms with E-state index < -0.39 is 11.7 Å². The Morgan fingerprint density at radius 1 is 1.00 bits per heavy atom. The second kappa shape index (κ2) is 4.08. The fourth-order valence-electron chi connectivity index (χ4n) is 1.89. The molecular formula is C13H8F3N3. The number of pyridine rings is 1. The molecule has 0 spiro atoms. The number of halogens is 3. The molecule has 0 amide bonds. The second-order valence-electron chi connectivity index (χ2n) is 4.02. The Morgan fingerprint density at radius 3 is 2.42 bits per heavy atom. The summed E-state index contributed by atoms with van der Waals surface area (Å²) in [7, 11) is 0. The van der Waals surface area contributed by atoms with Gasteiger partial charge in [-0.25, -0.2) is 4.98 Å². The van der Waals surface area contributed by atoms with E-state index in [1.54, 1.807) is 29.1 Å². The predicted octanol–water partition coefficient (Wildman–Crippen LogP) is 3.44. The van der Waals surface area contributed by atoms with Crippen LogP contribution >= 0.6 is 0 Å². The maximum atomic E-state index is 12.7. The molecule has 0 unspecified atom stereocenters. The van der Waals surface area contributed by atoms with Gasteiger partial charge in [0.15, 0.2) is 0 Å². The lowest BCUT2D eigenvalue weighted by molar-refractivity contribution is -0.137. The summed E-state index contributed by atoms with van der Waals surface area (Å²) >= 11 is 0. The van der Waals surface area contributed by atoms with Gasteiger partial charge in [0.1, 0.15) is 6.33 Å². The van der Waals surface area contributed by atoms with Crippen molar-refractivity contribution in [2.24, 2.45) is 0 Å². The maximum absolute atomic E-state index is 12.7. The molecule has 3 rings (SSSR count). The fraction of sp³-hybridized carbons (Fsp3) is 0.0769. The number of hydrogen-bond acceptors (Lipinski definition) is 2. The van der Waals surface area contributed by atoms with Crippen LogP contribution < -0.4 is 0 Å². The van der Waals surface area contributed by atoms with Gasteiger partial charge in [0.2, 0.25) is 0 Å². The lowest BCUT2D eigenvalue weighted by Crippen LogP contribution is -2.04. The molecule has 0 aliphatic rings. The second-order valence-corrected chi connectivity index (χ2v) is 4.02. The summed E-state index contributed by atoms with van der Waals surface area (Å²) in [5.74, 6) is 0. The zero-order valence-electron chi connectivity index (χ0n) is 9.59. The van der Waals surface area contributed by atoms with Gasteiger partial charge in [-0.1, -0.05) is 0 Å². The van der Waals surface area contributed by atoms with E-state index in [0.29, 0.717) is 11.0 Å². The van der Waals surface area contributed by atoms with Crippen LogP contribution in [0.2, 0.25) is 0 Å². The Hall–Kier alpha value is -2.37. The van der Waals surface area contributed by atoms with Gasteiger partial charge in [-0.3, -0.25) is 9.55 Å². The molecule has 0 bridgehead atoms. The predicted molar refractivity (Wildman–Crippen MR) is 63.9 cm³/mol. The molecule has 2 aromatic heterocycles. The zero-order chi connectivity index (χ0) is 13.5. The first kappa shape index (κ1) is 11.7. The summed E-state index contributed by atoms with van der Waals surface area (Å²) in [6.45, 7) is 0. The van der Waals surface area contributed by atoms with Crippen LogP contribution in [0.5, 0.6) is 0 Å². The van der Waals surface area contributed by atoms with Crippen molar-refractivity contribution in [3.8, 4) is 5.69 Å². The first-order chi connectivity index (χ1) is 9.05. The molecule has 3 nitrogen and oxygen atoms in total. The first-order valence-electron chi connectivity index (χ1n) is 5.50. The Morgan fingerprint density at radius 2 is 1.74 bits per heavy atom. The molecule has 6 heteroatoms. The van der Waals surface area contributed by atoms with Gasteiger partial charge in [0.05, 0.1) is 22.3 Å². The van der Waals surface area contributed by atoms with E-state index in [2.05, 4.69) is 9.97 Å². The normalized spacial score (nSPS) is 11.9. The van der Waals surface area contributed by atoms with E-state index in [4.69, 9.17) is 0 Å². The number of fused-ring (bicyclic) bond motifs is 1. The number of aromatic nitrogens is 3. The molecule has 0 radical (unpaired) electrons. The van der Waals surface area contributed by atoms with E-state index in [9.17, 15) is 13.2 Å².